The Kier molecular flexibility index (Phi) is 25.4. The largest absolute Gasteiger partial charge is 0.394 e. The summed E-state index contributed by atoms with van der Waals surface area (Å²) in [5.74, 6) is 0. The standard InChI is InChI=1S/2C14H32O2Si/c1-7-9-11-17(12-10-8-2,15-13(3)4)16-14(5)6;1-5-9-13-17(14-10-6-2,15-11-7-3)16-12-8-4/h13-14H,7-12H2,1-6H3;5-14H2,1-4H3. The lowest BCUT2D eigenvalue weighted by molar-refractivity contribution is 0.103. The molecule has 0 aromatic carbocycles. The Morgan fingerprint density at radius 1 is 0.441 bits per heavy atom. The minimum atomic E-state index is -1.96. The van der Waals surface area contributed by atoms with E-state index in [1.165, 1.54) is 63.5 Å². The van der Waals surface area contributed by atoms with Gasteiger partial charge in [0.25, 0.3) is 0 Å². The first-order valence-electron chi connectivity index (χ1n) is 14.8. The third kappa shape index (κ3) is 19.5. The lowest BCUT2D eigenvalue weighted by Gasteiger charge is -2.34. The van der Waals surface area contributed by atoms with Crippen LogP contribution in [0, 0.1) is 0 Å². The molecule has 0 saturated heterocycles. The molecule has 0 atom stereocenters. The fraction of sp³-hybridized carbons (Fsp3) is 1.00. The molecule has 0 amide bonds. The maximum atomic E-state index is 6.27. The summed E-state index contributed by atoms with van der Waals surface area (Å²) in [7, 11) is -3.84. The molecule has 0 aromatic rings. The van der Waals surface area contributed by atoms with Gasteiger partial charge < -0.3 is 17.7 Å². The Labute approximate surface area is 217 Å². The van der Waals surface area contributed by atoms with Gasteiger partial charge >= 0.3 is 17.1 Å². The summed E-state index contributed by atoms with van der Waals surface area (Å²) >= 11 is 0. The minimum absolute atomic E-state index is 0.286. The molecule has 34 heavy (non-hydrogen) atoms. The summed E-state index contributed by atoms with van der Waals surface area (Å²) in [6, 6.07) is 4.67. The number of rotatable bonds is 22. The van der Waals surface area contributed by atoms with E-state index in [1.54, 1.807) is 0 Å². The molecule has 0 aliphatic carbocycles. The molecule has 0 rings (SSSR count). The molecule has 0 spiro atoms. The highest BCUT2D eigenvalue weighted by Gasteiger charge is 2.38. The molecule has 0 heterocycles. The van der Waals surface area contributed by atoms with Gasteiger partial charge in [-0.3, -0.25) is 0 Å². The van der Waals surface area contributed by atoms with Gasteiger partial charge in [0.05, 0.1) is 0 Å². The molecule has 0 aromatic heterocycles. The van der Waals surface area contributed by atoms with E-state index >= 15 is 0 Å². The summed E-state index contributed by atoms with van der Waals surface area (Å²) in [6.45, 7) is 23.6. The van der Waals surface area contributed by atoms with Crippen LogP contribution < -0.4 is 0 Å². The van der Waals surface area contributed by atoms with E-state index in [-0.39, 0.29) is 12.2 Å². The van der Waals surface area contributed by atoms with Crippen LogP contribution in [0.3, 0.4) is 0 Å². The predicted molar refractivity (Wildman–Crippen MR) is 155 cm³/mol. The average molecular weight is 521 g/mol. The van der Waals surface area contributed by atoms with Gasteiger partial charge in [-0.05, 0) is 64.7 Å². The SMILES string of the molecule is CCCC[Si](CCCC)(OC(C)C)OC(C)C.CCCC[Si](CCCC)(OCCC)OCCC. The number of unbranched alkanes of at least 4 members (excludes halogenated alkanes) is 4. The molecular formula is C28H64O4Si2. The van der Waals surface area contributed by atoms with Crippen molar-refractivity contribution in [3.05, 3.63) is 0 Å². The monoisotopic (exact) mass is 520 g/mol. The highest BCUT2D eigenvalue weighted by Crippen LogP contribution is 2.28. The van der Waals surface area contributed by atoms with Crippen molar-refractivity contribution in [3.63, 3.8) is 0 Å². The third-order valence-electron chi connectivity index (χ3n) is 5.68. The zero-order valence-corrected chi connectivity index (χ0v) is 27.1. The highest BCUT2D eigenvalue weighted by atomic mass is 28.4. The van der Waals surface area contributed by atoms with Gasteiger partial charge in [-0.25, -0.2) is 0 Å². The highest BCUT2D eigenvalue weighted by molar-refractivity contribution is 6.67. The van der Waals surface area contributed by atoms with E-state index in [0.717, 1.165) is 38.1 Å². The Balaban J connectivity index is 0. The molecule has 0 aliphatic rings. The lowest BCUT2D eigenvalue weighted by Crippen LogP contribution is -2.45. The van der Waals surface area contributed by atoms with Crippen LogP contribution in [0.4, 0.5) is 0 Å². The van der Waals surface area contributed by atoms with Crippen LogP contribution in [0.5, 0.6) is 0 Å². The molecule has 0 radical (unpaired) electrons. The van der Waals surface area contributed by atoms with Gasteiger partial charge in [0, 0.05) is 25.4 Å². The molecule has 0 fully saturated rings. The third-order valence-corrected chi connectivity index (χ3v) is 13.4. The molecule has 4 nitrogen and oxygen atoms in total. The first-order chi connectivity index (χ1) is 16.2. The van der Waals surface area contributed by atoms with Gasteiger partial charge in [-0.15, -0.1) is 0 Å². The normalized spacial score (nSPS) is 12.4. The van der Waals surface area contributed by atoms with Crippen molar-refractivity contribution >= 4 is 17.1 Å². The van der Waals surface area contributed by atoms with E-state index in [0.29, 0.717) is 0 Å². The Hall–Kier alpha value is 0.274. The zero-order chi connectivity index (χ0) is 26.3. The van der Waals surface area contributed by atoms with Crippen molar-refractivity contribution in [2.45, 2.75) is 170 Å². The molecule has 0 unspecified atom stereocenters. The fourth-order valence-electron chi connectivity index (χ4n) is 4.06. The first-order valence-corrected chi connectivity index (χ1v) is 19.3. The van der Waals surface area contributed by atoms with Crippen molar-refractivity contribution < 1.29 is 17.7 Å². The summed E-state index contributed by atoms with van der Waals surface area (Å²) in [6.07, 6.45) is 12.7. The fourth-order valence-corrected chi connectivity index (χ4v) is 12.2. The smallest absolute Gasteiger partial charge is 0.338 e. The topological polar surface area (TPSA) is 36.9 Å². The second-order valence-electron chi connectivity index (χ2n) is 10.3. The summed E-state index contributed by atoms with van der Waals surface area (Å²) in [5, 5.41) is 0. The van der Waals surface area contributed by atoms with E-state index in [1.807, 2.05) is 0 Å². The molecule has 0 saturated carbocycles. The summed E-state index contributed by atoms with van der Waals surface area (Å²) < 4.78 is 24.9. The lowest BCUT2D eigenvalue weighted by atomic mass is 10.4. The van der Waals surface area contributed by atoms with Gasteiger partial charge in [0.15, 0.2) is 0 Å². The maximum absolute atomic E-state index is 6.27. The van der Waals surface area contributed by atoms with Crippen molar-refractivity contribution in [1.82, 2.24) is 0 Å². The van der Waals surface area contributed by atoms with E-state index in [4.69, 9.17) is 17.7 Å². The molecule has 0 N–H and O–H groups in total. The van der Waals surface area contributed by atoms with Gasteiger partial charge in [0.2, 0.25) is 0 Å². The second-order valence-corrected chi connectivity index (χ2v) is 17.0. The zero-order valence-electron chi connectivity index (χ0n) is 25.1. The van der Waals surface area contributed by atoms with Gasteiger partial charge in [-0.1, -0.05) is 92.9 Å². The predicted octanol–water partition coefficient (Wildman–Crippen LogP) is 9.76. The Morgan fingerprint density at radius 3 is 0.971 bits per heavy atom. The van der Waals surface area contributed by atoms with Crippen LogP contribution in [-0.4, -0.2) is 42.5 Å². The Morgan fingerprint density at radius 2 is 0.735 bits per heavy atom. The van der Waals surface area contributed by atoms with Gasteiger partial charge in [-0.2, -0.15) is 0 Å². The maximum Gasteiger partial charge on any atom is 0.338 e. The summed E-state index contributed by atoms with van der Waals surface area (Å²) in [5.41, 5.74) is 0. The van der Waals surface area contributed by atoms with E-state index < -0.39 is 17.1 Å². The van der Waals surface area contributed by atoms with Crippen LogP contribution in [0.15, 0.2) is 0 Å². The molecule has 6 heteroatoms. The molecular weight excluding hydrogens is 456 g/mol. The number of hydrogen-bond donors (Lipinski definition) is 0. The van der Waals surface area contributed by atoms with Crippen LogP contribution in [0.2, 0.25) is 24.2 Å². The molecule has 0 aliphatic heterocycles. The van der Waals surface area contributed by atoms with Crippen LogP contribution in [-0.2, 0) is 17.7 Å². The second kappa shape index (κ2) is 23.7. The van der Waals surface area contributed by atoms with Gasteiger partial charge in [0.1, 0.15) is 0 Å². The first kappa shape index (κ1) is 36.4. The van der Waals surface area contributed by atoms with Crippen LogP contribution >= 0.6 is 0 Å². The van der Waals surface area contributed by atoms with Crippen molar-refractivity contribution in [2.75, 3.05) is 13.2 Å². The van der Waals surface area contributed by atoms with E-state index in [2.05, 4.69) is 69.2 Å². The molecule has 0 bridgehead atoms. The Bertz CT molecular complexity index is 362. The van der Waals surface area contributed by atoms with Crippen LogP contribution in [0.25, 0.3) is 0 Å². The van der Waals surface area contributed by atoms with Crippen molar-refractivity contribution in [3.8, 4) is 0 Å². The van der Waals surface area contributed by atoms with E-state index in [9.17, 15) is 0 Å². The minimum Gasteiger partial charge on any atom is -0.394 e. The molecule has 208 valence electrons. The van der Waals surface area contributed by atoms with Crippen molar-refractivity contribution in [1.29, 1.82) is 0 Å². The number of hydrogen-bond acceptors (Lipinski definition) is 4. The quantitative estimate of drug-likeness (QED) is 0.133. The van der Waals surface area contributed by atoms with Crippen LogP contribution in [0.1, 0.15) is 133 Å². The summed E-state index contributed by atoms with van der Waals surface area (Å²) in [4.78, 5) is 0. The average Bonchev–Trinajstić information content (AvgIpc) is 2.80. The van der Waals surface area contributed by atoms with Crippen molar-refractivity contribution in [2.24, 2.45) is 0 Å².